The van der Waals surface area contributed by atoms with Crippen molar-refractivity contribution in [1.82, 2.24) is 10.7 Å². The topological polar surface area (TPSA) is 108 Å². The minimum atomic E-state index is -0.840. The molecular weight excluding hydrogens is 238 g/mol. The summed E-state index contributed by atoms with van der Waals surface area (Å²) in [6.07, 6.45) is 1.20. The van der Waals surface area contributed by atoms with Crippen LogP contribution in [-0.2, 0) is 14.4 Å². The first kappa shape index (κ1) is 14.1. The van der Waals surface area contributed by atoms with Gasteiger partial charge in [-0.1, -0.05) is 6.92 Å². The van der Waals surface area contributed by atoms with Crippen LogP contribution in [-0.4, -0.2) is 35.1 Å². The van der Waals surface area contributed by atoms with Crippen LogP contribution < -0.4 is 10.7 Å². The summed E-state index contributed by atoms with van der Waals surface area (Å²) in [5.74, 6) is -1.25. The maximum absolute atomic E-state index is 11.6. The van der Waals surface area contributed by atoms with Gasteiger partial charge in [-0.05, 0) is 12.3 Å². The molecule has 1 heterocycles. The molecule has 7 heteroatoms. The van der Waals surface area contributed by atoms with Crippen LogP contribution in [0.25, 0.3) is 0 Å². The molecular formula is C11H17N3O4. The number of aliphatic carboxylic acids is 1. The third kappa shape index (κ3) is 4.94. The number of hydrogen-bond acceptors (Lipinski definition) is 4. The van der Waals surface area contributed by atoms with E-state index in [1.54, 1.807) is 0 Å². The Morgan fingerprint density at radius 2 is 2.22 bits per heavy atom. The summed E-state index contributed by atoms with van der Waals surface area (Å²) >= 11 is 0. The zero-order valence-corrected chi connectivity index (χ0v) is 10.2. The third-order valence-electron chi connectivity index (χ3n) is 2.63. The van der Waals surface area contributed by atoms with E-state index in [0.29, 0.717) is 25.1 Å². The highest BCUT2D eigenvalue weighted by Gasteiger charge is 2.18. The lowest BCUT2D eigenvalue weighted by molar-refractivity contribution is -0.137. The van der Waals surface area contributed by atoms with Crippen LogP contribution in [0.4, 0.5) is 0 Å². The number of hydrogen-bond donors (Lipinski definition) is 3. The molecule has 0 fully saturated rings. The van der Waals surface area contributed by atoms with Gasteiger partial charge in [-0.15, -0.1) is 0 Å². The number of nitrogens with one attached hydrogen (secondary N) is 2. The second-order valence-corrected chi connectivity index (χ2v) is 4.34. The smallest absolute Gasteiger partial charge is 0.303 e. The van der Waals surface area contributed by atoms with Crippen LogP contribution in [0, 0.1) is 5.92 Å². The molecule has 0 radical (unpaired) electrons. The fourth-order valence-electron chi connectivity index (χ4n) is 1.48. The number of carboxylic acid groups (broad SMARTS) is 1. The Balaban J connectivity index is 2.28. The van der Waals surface area contributed by atoms with Crippen molar-refractivity contribution < 1.29 is 19.5 Å². The summed E-state index contributed by atoms with van der Waals surface area (Å²) < 4.78 is 0. The molecule has 7 nitrogen and oxygen atoms in total. The van der Waals surface area contributed by atoms with Crippen molar-refractivity contribution in [2.75, 3.05) is 6.54 Å². The second kappa shape index (κ2) is 6.73. The van der Waals surface area contributed by atoms with Gasteiger partial charge in [0.25, 0.3) is 5.91 Å². The van der Waals surface area contributed by atoms with Gasteiger partial charge in [-0.3, -0.25) is 14.4 Å². The van der Waals surface area contributed by atoms with Gasteiger partial charge in [-0.2, -0.15) is 5.10 Å². The predicted octanol–water partition coefficient (Wildman–Crippen LogP) is -0.131. The SMILES string of the molecule is CC(CCC(=O)O)CNC(=O)C1=NNC(=O)CC1. The zero-order chi connectivity index (χ0) is 13.5. The summed E-state index contributed by atoms with van der Waals surface area (Å²) in [5, 5.41) is 14.9. The van der Waals surface area contributed by atoms with E-state index in [2.05, 4.69) is 15.8 Å². The van der Waals surface area contributed by atoms with Gasteiger partial charge in [-0.25, -0.2) is 5.43 Å². The first-order valence-corrected chi connectivity index (χ1v) is 5.84. The van der Waals surface area contributed by atoms with Crippen LogP contribution in [0.1, 0.15) is 32.6 Å². The van der Waals surface area contributed by atoms with Crippen molar-refractivity contribution in [3.8, 4) is 0 Å². The van der Waals surface area contributed by atoms with Gasteiger partial charge in [0.1, 0.15) is 5.71 Å². The van der Waals surface area contributed by atoms with E-state index in [0.717, 1.165) is 0 Å². The Hall–Kier alpha value is -1.92. The molecule has 0 spiro atoms. The van der Waals surface area contributed by atoms with Crippen LogP contribution in [0.5, 0.6) is 0 Å². The summed E-state index contributed by atoms with van der Waals surface area (Å²) in [5.41, 5.74) is 2.56. The lowest BCUT2D eigenvalue weighted by Crippen LogP contribution is -2.38. The summed E-state index contributed by atoms with van der Waals surface area (Å²) in [6.45, 7) is 2.27. The van der Waals surface area contributed by atoms with E-state index >= 15 is 0 Å². The minimum absolute atomic E-state index is 0.0869. The Labute approximate surface area is 105 Å². The van der Waals surface area contributed by atoms with E-state index in [1.807, 2.05) is 6.92 Å². The third-order valence-corrected chi connectivity index (χ3v) is 2.63. The number of hydrazone groups is 1. The largest absolute Gasteiger partial charge is 0.481 e. The average Bonchev–Trinajstić information content (AvgIpc) is 2.34. The lowest BCUT2D eigenvalue weighted by atomic mass is 10.1. The van der Waals surface area contributed by atoms with E-state index in [4.69, 9.17) is 5.11 Å². The Kier molecular flexibility index (Phi) is 5.29. The first-order valence-electron chi connectivity index (χ1n) is 5.84. The average molecular weight is 255 g/mol. The van der Waals surface area contributed by atoms with Crippen LogP contribution in [0.3, 0.4) is 0 Å². The molecule has 2 amide bonds. The summed E-state index contributed by atoms with van der Waals surface area (Å²) in [4.78, 5) is 32.9. The minimum Gasteiger partial charge on any atom is -0.481 e. The number of carbonyl (C=O) groups excluding carboxylic acids is 2. The molecule has 3 N–H and O–H groups in total. The summed E-state index contributed by atoms with van der Waals surface area (Å²) in [6, 6.07) is 0. The molecule has 0 saturated heterocycles. The first-order chi connectivity index (χ1) is 8.49. The van der Waals surface area contributed by atoms with Gasteiger partial charge in [0.15, 0.2) is 0 Å². The fraction of sp³-hybridized carbons (Fsp3) is 0.636. The molecule has 0 aromatic carbocycles. The van der Waals surface area contributed by atoms with Crippen molar-refractivity contribution in [3.05, 3.63) is 0 Å². The van der Waals surface area contributed by atoms with Gasteiger partial charge < -0.3 is 10.4 Å². The number of rotatable bonds is 6. The van der Waals surface area contributed by atoms with E-state index in [-0.39, 0.29) is 30.6 Å². The molecule has 18 heavy (non-hydrogen) atoms. The van der Waals surface area contributed by atoms with Crippen LogP contribution in [0.15, 0.2) is 5.10 Å². The lowest BCUT2D eigenvalue weighted by Gasteiger charge is -2.14. The van der Waals surface area contributed by atoms with Crippen molar-refractivity contribution in [1.29, 1.82) is 0 Å². The number of amides is 2. The quantitative estimate of drug-likeness (QED) is 0.614. The van der Waals surface area contributed by atoms with Crippen LogP contribution >= 0.6 is 0 Å². The molecule has 0 aromatic heterocycles. The molecule has 1 unspecified atom stereocenters. The monoisotopic (exact) mass is 255 g/mol. The van der Waals surface area contributed by atoms with Gasteiger partial charge in [0.05, 0.1) is 0 Å². The molecule has 0 bridgehead atoms. The molecule has 1 atom stereocenters. The molecule has 1 aliphatic rings. The van der Waals surface area contributed by atoms with Crippen molar-refractivity contribution in [2.45, 2.75) is 32.6 Å². The molecule has 0 saturated carbocycles. The van der Waals surface area contributed by atoms with Gasteiger partial charge in [0, 0.05) is 25.8 Å². The Morgan fingerprint density at radius 3 is 2.78 bits per heavy atom. The van der Waals surface area contributed by atoms with Crippen molar-refractivity contribution in [2.24, 2.45) is 11.0 Å². The molecule has 1 aliphatic heterocycles. The standard InChI is InChI=1S/C11H17N3O4/c1-7(2-5-10(16)17)6-12-11(18)8-3-4-9(15)14-13-8/h7H,2-6H2,1H3,(H,12,18)(H,14,15)(H,16,17). The molecule has 100 valence electrons. The molecule has 1 rings (SSSR count). The highest BCUT2D eigenvalue weighted by molar-refractivity contribution is 6.39. The van der Waals surface area contributed by atoms with Crippen molar-refractivity contribution >= 4 is 23.5 Å². The number of carbonyl (C=O) groups is 3. The fourth-order valence-corrected chi connectivity index (χ4v) is 1.48. The highest BCUT2D eigenvalue weighted by Crippen LogP contribution is 2.04. The number of carboxylic acids is 1. The van der Waals surface area contributed by atoms with Gasteiger partial charge in [0.2, 0.25) is 5.91 Å². The highest BCUT2D eigenvalue weighted by atomic mass is 16.4. The van der Waals surface area contributed by atoms with Gasteiger partial charge >= 0.3 is 5.97 Å². The molecule has 0 aliphatic carbocycles. The van der Waals surface area contributed by atoms with E-state index < -0.39 is 5.97 Å². The maximum Gasteiger partial charge on any atom is 0.303 e. The predicted molar refractivity (Wildman–Crippen MR) is 63.9 cm³/mol. The number of nitrogens with zero attached hydrogens (tertiary/aromatic N) is 1. The van der Waals surface area contributed by atoms with E-state index in [9.17, 15) is 14.4 Å². The maximum atomic E-state index is 11.6. The summed E-state index contributed by atoms with van der Waals surface area (Å²) in [7, 11) is 0. The zero-order valence-electron chi connectivity index (χ0n) is 10.2. The normalized spacial score (nSPS) is 16.5. The Bertz CT molecular complexity index is 378. The van der Waals surface area contributed by atoms with E-state index in [1.165, 1.54) is 0 Å². The second-order valence-electron chi connectivity index (χ2n) is 4.34. The van der Waals surface area contributed by atoms with Crippen LogP contribution in [0.2, 0.25) is 0 Å². The van der Waals surface area contributed by atoms with Crippen molar-refractivity contribution in [3.63, 3.8) is 0 Å². The Morgan fingerprint density at radius 1 is 1.50 bits per heavy atom. The molecule has 0 aromatic rings.